The summed E-state index contributed by atoms with van der Waals surface area (Å²) in [6.45, 7) is 4.69. The lowest BCUT2D eigenvalue weighted by molar-refractivity contribution is 0.335. The van der Waals surface area contributed by atoms with E-state index < -0.39 is 0 Å². The van der Waals surface area contributed by atoms with Crippen molar-refractivity contribution >= 4 is 60.2 Å². The normalized spacial score (nSPS) is 16.6. The summed E-state index contributed by atoms with van der Waals surface area (Å²) in [5.74, 6) is 0.855. The third-order valence-corrected chi connectivity index (χ3v) is 7.14. The molecule has 0 bridgehead atoms. The van der Waals surface area contributed by atoms with Crippen LogP contribution in [0.1, 0.15) is 38.0 Å². The second kappa shape index (κ2) is 6.39. The van der Waals surface area contributed by atoms with E-state index in [1.165, 1.54) is 21.6 Å². The molecule has 0 saturated carbocycles. The second-order valence-corrected chi connectivity index (χ2v) is 9.73. The fourth-order valence-corrected chi connectivity index (χ4v) is 5.21. The molecule has 5 rings (SSSR count). The first-order valence-corrected chi connectivity index (χ1v) is 10.8. The van der Waals surface area contributed by atoms with Crippen LogP contribution in [-0.4, -0.2) is 15.0 Å². The van der Waals surface area contributed by atoms with Crippen LogP contribution >= 0.6 is 22.7 Å². The number of allylic oxidation sites excluding steroid dienone is 2. The molecule has 0 atom stereocenters. The van der Waals surface area contributed by atoms with Crippen molar-refractivity contribution in [3.8, 4) is 0 Å². The van der Waals surface area contributed by atoms with Gasteiger partial charge in [0.1, 0.15) is 17.0 Å². The standard InChI is InChI=1S/C21H20N4S2/c1-21(2)7-5-13(6-8-21)18-10-15-19(22-11-23-20(15)27-18)25-14-3-4-17-16(9-14)24-12-26-17/h3-5,9-12H,6-8H2,1-2H3,(H,22,23,25). The Balaban J connectivity index is 1.50. The van der Waals surface area contributed by atoms with Gasteiger partial charge in [0, 0.05) is 10.6 Å². The highest BCUT2D eigenvalue weighted by atomic mass is 32.1. The van der Waals surface area contributed by atoms with Gasteiger partial charge in [-0.1, -0.05) is 19.9 Å². The number of hydrogen-bond acceptors (Lipinski definition) is 6. The summed E-state index contributed by atoms with van der Waals surface area (Å²) < 4.78 is 1.19. The van der Waals surface area contributed by atoms with Gasteiger partial charge in [-0.3, -0.25) is 0 Å². The molecule has 0 amide bonds. The van der Waals surface area contributed by atoms with Gasteiger partial charge < -0.3 is 5.32 Å². The van der Waals surface area contributed by atoms with Crippen molar-refractivity contribution in [2.45, 2.75) is 33.1 Å². The van der Waals surface area contributed by atoms with Crippen LogP contribution in [0.2, 0.25) is 0 Å². The van der Waals surface area contributed by atoms with Crippen molar-refractivity contribution in [1.82, 2.24) is 15.0 Å². The summed E-state index contributed by atoms with van der Waals surface area (Å²) in [5, 5.41) is 4.54. The Hall–Kier alpha value is -2.31. The minimum absolute atomic E-state index is 0.418. The fraction of sp³-hybridized carbons (Fsp3) is 0.286. The van der Waals surface area contributed by atoms with E-state index in [0.29, 0.717) is 5.41 Å². The Labute approximate surface area is 166 Å². The molecule has 3 aromatic heterocycles. The number of benzene rings is 1. The molecule has 0 fully saturated rings. The predicted molar refractivity (Wildman–Crippen MR) is 116 cm³/mol. The van der Waals surface area contributed by atoms with E-state index in [2.05, 4.69) is 64.5 Å². The highest BCUT2D eigenvalue weighted by Crippen LogP contribution is 2.41. The van der Waals surface area contributed by atoms with Crippen molar-refractivity contribution in [2.24, 2.45) is 5.41 Å². The second-order valence-electron chi connectivity index (χ2n) is 7.81. The highest BCUT2D eigenvalue weighted by Gasteiger charge is 2.23. The molecular weight excluding hydrogens is 372 g/mol. The zero-order valence-electron chi connectivity index (χ0n) is 15.3. The quantitative estimate of drug-likeness (QED) is 0.425. The third kappa shape index (κ3) is 3.24. The summed E-state index contributed by atoms with van der Waals surface area (Å²) >= 11 is 3.42. The van der Waals surface area contributed by atoms with Crippen LogP contribution in [0.25, 0.3) is 26.0 Å². The average molecular weight is 393 g/mol. The molecule has 0 saturated heterocycles. The van der Waals surface area contributed by atoms with E-state index >= 15 is 0 Å². The van der Waals surface area contributed by atoms with Gasteiger partial charge in [-0.25, -0.2) is 15.0 Å². The maximum absolute atomic E-state index is 4.50. The van der Waals surface area contributed by atoms with Crippen LogP contribution in [0.4, 0.5) is 11.5 Å². The molecule has 1 N–H and O–H groups in total. The van der Waals surface area contributed by atoms with Gasteiger partial charge in [-0.15, -0.1) is 22.7 Å². The lowest BCUT2D eigenvalue weighted by atomic mass is 9.78. The van der Waals surface area contributed by atoms with E-state index in [1.807, 2.05) is 5.51 Å². The van der Waals surface area contributed by atoms with E-state index in [4.69, 9.17) is 0 Å². The van der Waals surface area contributed by atoms with Crippen LogP contribution in [0.5, 0.6) is 0 Å². The number of hydrogen-bond donors (Lipinski definition) is 1. The summed E-state index contributed by atoms with van der Waals surface area (Å²) in [4.78, 5) is 15.7. The van der Waals surface area contributed by atoms with Crippen molar-refractivity contribution in [3.63, 3.8) is 0 Å². The fourth-order valence-electron chi connectivity index (χ4n) is 3.49. The Kier molecular flexibility index (Phi) is 3.98. The van der Waals surface area contributed by atoms with Crippen molar-refractivity contribution < 1.29 is 0 Å². The van der Waals surface area contributed by atoms with Crippen LogP contribution in [-0.2, 0) is 0 Å². The Morgan fingerprint density at radius 2 is 2.04 bits per heavy atom. The molecule has 0 radical (unpaired) electrons. The third-order valence-electron chi connectivity index (χ3n) is 5.21. The van der Waals surface area contributed by atoms with Gasteiger partial charge in [-0.05, 0) is 54.5 Å². The average Bonchev–Trinajstić information content (AvgIpc) is 3.28. The van der Waals surface area contributed by atoms with Gasteiger partial charge in [0.25, 0.3) is 0 Å². The van der Waals surface area contributed by atoms with Crippen LogP contribution in [0, 0.1) is 5.41 Å². The van der Waals surface area contributed by atoms with Crippen molar-refractivity contribution in [1.29, 1.82) is 0 Å². The number of fused-ring (bicyclic) bond motifs is 2. The minimum Gasteiger partial charge on any atom is -0.340 e. The molecule has 0 spiro atoms. The van der Waals surface area contributed by atoms with Crippen LogP contribution < -0.4 is 5.32 Å². The maximum atomic E-state index is 4.50. The Morgan fingerprint density at radius 3 is 2.89 bits per heavy atom. The summed E-state index contributed by atoms with van der Waals surface area (Å²) in [6.07, 6.45) is 7.56. The summed E-state index contributed by atoms with van der Waals surface area (Å²) in [6, 6.07) is 8.49. The molecule has 136 valence electrons. The number of nitrogens with zero attached hydrogens (tertiary/aromatic N) is 3. The number of thiophene rings is 1. The number of thiazole rings is 1. The molecule has 4 nitrogen and oxygen atoms in total. The minimum atomic E-state index is 0.418. The first kappa shape index (κ1) is 16.8. The Morgan fingerprint density at radius 1 is 1.11 bits per heavy atom. The lowest BCUT2D eigenvalue weighted by Gasteiger charge is -2.28. The molecule has 6 heteroatoms. The largest absolute Gasteiger partial charge is 0.340 e. The molecule has 1 aliphatic rings. The molecule has 0 aliphatic heterocycles. The van der Waals surface area contributed by atoms with E-state index in [-0.39, 0.29) is 0 Å². The van der Waals surface area contributed by atoms with Gasteiger partial charge in [-0.2, -0.15) is 0 Å². The molecule has 1 aromatic carbocycles. The molecule has 3 heterocycles. The van der Waals surface area contributed by atoms with Gasteiger partial charge >= 0.3 is 0 Å². The molecule has 27 heavy (non-hydrogen) atoms. The number of rotatable bonds is 3. The maximum Gasteiger partial charge on any atom is 0.142 e. The van der Waals surface area contributed by atoms with Crippen molar-refractivity contribution in [3.05, 3.63) is 47.1 Å². The zero-order valence-corrected chi connectivity index (χ0v) is 17.0. The SMILES string of the molecule is CC1(C)CC=C(c2cc3c(Nc4ccc5scnc5c4)ncnc3s2)CC1. The first-order chi connectivity index (χ1) is 13.1. The predicted octanol–water partition coefficient (Wildman–Crippen LogP) is 6.64. The molecular formula is C21H20N4S2. The van der Waals surface area contributed by atoms with E-state index in [0.717, 1.165) is 40.1 Å². The monoisotopic (exact) mass is 392 g/mol. The van der Waals surface area contributed by atoms with Gasteiger partial charge in [0.05, 0.1) is 21.1 Å². The molecule has 4 aromatic rings. The number of aromatic nitrogens is 3. The smallest absolute Gasteiger partial charge is 0.142 e. The summed E-state index contributed by atoms with van der Waals surface area (Å²) in [5.41, 5.74) is 5.76. The van der Waals surface area contributed by atoms with Gasteiger partial charge in [0.15, 0.2) is 0 Å². The molecule has 1 aliphatic carbocycles. The Bertz CT molecular complexity index is 1170. The number of anilines is 2. The zero-order chi connectivity index (χ0) is 18.4. The lowest BCUT2D eigenvalue weighted by Crippen LogP contribution is -2.13. The van der Waals surface area contributed by atoms with Gasteiger partial charge in [0.2, 0.25) is 0 Å². The van der Waals surface area contributed by atoms with Crippen molar-refractivity contribution in [2.75, 3.05) is 5.32 Å². The topological polar surface area (TPSA) is 50.7 Å². The van der Waals surface area contributed by atoms with Crippen LogP contribution in [0.3, 0.4) is 0 Å². The number of nitrogens with one attached hydrogen (secondary N) is 1. The van der Waals surface area contributed by atoms with Crippen LogP contribution in [0.15, 0.2) is 42.2 Å². The first-order valence-electron chi connectivity index (χ1n) is 9.12. The molecule has 0 unspecified atom stereocenters. The summed E-state index contributed by atoms with van der Waals surface area (Å²) in [7, 11) is 0. The van der Waals surface area contributed by atoms with E-state index in [9.17, 15) is 0 Å². The highest BCUT2D eigenvalue weighted by molar-refractivity contribution is 7.19. The van der Waals surface area contributed by atoms with E-state index in [1.54, 1.807) is 29.0 Å².